The molecule has 88 valence electrons. The number of pyridine rings is 1. The molecule has 1 fully saturated rings. The van der Waals surface area contributed by atoms with Crippen LogP contribution in [0.4, 0.5) is 0 Å². The van der Waals surface area contributed by atoms with Gasteiger partial charge in [0.1, 0.15) is 5.15 Å². The first-order chi connectivity index (χ1) is 7.49. The average molecular weight is 241 g/mol. The van der Waals surface area contributed by atoms with Crippen LogP contribution in [0.5, 0.6) is 0 Å². The SMILES string of the molecule is CC(C)C1(O)CN(Cc2cccc(Cl)n2)C1. The zero-order valence-electron chi connectivity index (χ0n) is 9.65. The van der Waals surface area contributed by atoms with Gasteiger partial charge in [0.25, 0.3) is 0 Å². The van der Waals surface area contributed by atoms with Crippen LogP contribution in [0.3, 0.4) is 0 Å². The van der Waals surface area contributed by atoms with E-state index in [-0.39, 0.29) is 0 Å². The largest absolute Gasteiger partial charge is 0.387 e. The Balaban J connectivity index is 1.90. The van der Waals surface area contributed by atoms with Crippen molar-refractivity contribution in [3.05, 3.63) is 29.0 Å². The van der Waals surface area contributed by atoms with Crippen LogP contribution in [0.2, 0.25) is 5.15 Å². The molecule has 0 radical (unpaired) electrons. The standard InChI is InChI=1S/C12H17ClN2O/c1-9(2)12(16)7-15(8-12)6-10-4-3-5-11(13)14-10/h3-5,9,16H,6-8H2,1-2H3. The summed E-state index contributed by atoms with van der Waals surface area (Å²) in [5.74, 6) is 0.302. The van der Waals surface area contributed by atoms with E-state index >= 15 is 0 Å². The lowest BCUT2D eigenvalue weighted by Gasteiger charge is -2.49. The number of aliphatic hydroxyl groups is 1. The van der Waals surface area contributed by atoms with Crippen LogP contribution < -0.4 is 0 Å². The summed E-state index contributed by atoms with van der Waals surface area (Å²) in [5.41, 5.74) is 0.441. The number of hydrogen-bond acceptors (Lipinski definition) is 3. The molecule has 0 unspecified atom stereocenters. The van der Waals surface area contributed by atoms with Gasteiger partial charge in [-0.3, -0.25) is 4.90 Å². The Morgan fingerprint density at radius 2 is 2.19 bits per heavy atom. The Morgan fingerprint density at radius 1 is 1.50 bits per heavy atom. The number of aromatic nitrogens is 1. The van der Waals surface area contributed by atoms with E-state index in [0.29, 0.717) is 11.1 Å². The van der Waals surface area contributed by atoms with Crippen molar-refractivity contribution in [3.8, 4) is 0 Å². The van der Waals surface area contributed by atoms with Crippen molar-refractivity contribution < 1.29 is 5.11 Å². The predicted octanol–water partition coefficient (Wildman–Crippen LogP) is 1.94. The minimum atomic E-state index is -0.515. The van der Waals surface area contributed by atoms with E-state index < -0.39 is 5.60 Å². The topological polar surface area (TPSA) is 36.4 Å². The molecule has 0 amide bonds. The molecule has 2 heterocycles. The highest BCUT2D eigenvalue weighted by Gasteiger charge is 2.43. The van der Waals surface area contributed by atoms with Gasteiger partial charge in [-0.2, -0.15) is 0 Å². The van der Waals surface area contributed by atoms with E-state index in [1.807, 2.05) is 12.1 Å². The van der Waals surface area contributed by atoms with Crippen molar-refractivity contribution in [2.45, 2.75) is 26.0 Å². The van der Waals surface area contributed by atoms with Crippen molar-refractivity contribution in [2.75, 3.05) is 13.1 Å². The molecule has 0 bridgehead atoms. The van der Waals surface area contributed by atoms with E-state index in [9.17, 15) is 5.11 Å². The molecule has 0 atom stereocenters. The van der Waals surface area contributed by atoms with E-state index in [1.54, 1.807) is 6.07 Å². The highest BCUT2D eigenvalue weighted by Crippen LogP contribution is 2.29. The fraction of sp³-hybridized carbons (Fsp3) is 0.583. The van der Waals surface area contributed by atoms with Crippen molar-refractivity contribution in [2.24, 2.45) is 5.92 Å². The number of likely N-dealkylation sites (tertiary alicyclic amines) is 1. The summed E-state index contributed by atoms with van der Waals surface area (Å²) in [6.45, 7) is 6.30. The molecule has 4 heteroatoms. The summed E-state index contributed by atoms with van der Waals surface area (Å²) in [6.07, 6.45) is 0. The van der Waals surface area contributed by atoms with Gasteiger partial charge in [0.05, 0.1) is 11.3 Å². The zero-order valence-corrected chi connectivity index (χ0v) is 10.4. The molecule has 0 aliphatic carbocycles. The third kappa shape index (κ3) is 2.37. The van der Waals surface area contributed by atoms with Gasteiger partial charge in [-0.25, -0.2) is 4.98 Å². The smallest absolute Gasteiger partial charge is 0.129 e. The van der Waals surface area contributed by atoms with Crippen LogP contribution in [0.15, 0.2) is 18.2 Å². The number of β-amino-alcohol motifs (C(OH)–C–C–N with tert-alkyl or cyclic N) is 1. The summed E-state index contributed by atoms with van der Waals surface area (Å²) < 4.78 is 0. The maximum Gasteiger partial charge on any atom is 0.129 e. The maximum absolute atomic E-state index is 10.1. The second kappa shape index (κ2) is 4.32. The molecule has 1 aromatic rings. The number of rotatable bonds is 3. The van der Waals surface area contributed by atoms with E-state index in [2.05, 4.69) is 23.7 Å². The number of hydrogen-bond donors (Lipinski definition) is 1. The van der Waals surface area contributed by atoms with Gasteiger partial charge < -0.3 is 5.11 Å². The molecule has 0 spiro atoms. The van der Waals surface area contributed by atoms with Crippen LogP contribution in [-0.4, -0.2) is 33.7 Å². The van der Waals surface area contributed by atoms with Gasteiger partial charge in [-0.05, 0) is 18.1 Å². The van der Waals surface area contributed by atoms with Gasteiger partial charge in [0, 0.05) is 19.6 Å². The Hall–Kier alpha value is -0.640. The van der Waals surface area contributed by atoms with Crippen LogP contribution in [0.25, 0.3) is 0 Å². The molecule has 1 aliphatic rings. The molecule has 2 rings (SSSR count). The first kappa shape index (κ1) is 11.8. The zero-order chi connectivity index (χ0) is 11.8. The second-order valence-electron chi connectivity index (χ2n) is 4.86. The van der Waals surface area contributed by atoms with Crippen molar-refractivity contribution in [1.29, 1.82) is 0 Å². The van der Waals surface area contributed by atoms with Gasteiger partial charge in [-0.1, -0.05) is 31.5 Å². The van der Waals surface area contributed by atoms with Crippen LogP contribution in [0.1, 0.15) is 19.5 Å². The summed E-state index contributed by atoms with van der Waals surface area (Å²) in [4.78, 5) is 6.41. The lowest BCUT2D eigenvalue weighted by atomic mass is 9.83. The molecule has 1 saturated heterocycles. The molecular formula is C12H17ClN2O. The predicted molar refractivity (Wildman–Crippen MR) is 64.3 cm³/mol. The Bertz CT molecular complexity index is 375. The van der Waals surface area contributed by atoms with Crippen molar-refractivity contribution >= 4 is 11.6 Å². The molecule has 1 aliphatic heterocycles. The van der Waals surface area contributed by atoms with Crippen molar-refractivity contribution in [3.63, 3.8) is 0 Å². The second-order valence-corrected chi connectivity index (χ2v) is 5.24. The Kier molecular flexibility index (Phi) is 3.19. The first-order valence-corrected chi connectivity index (χ1v) is 5.93. The minimum Gasteiger partial charge on any atom is -0.387 e. The normalized spacial score (nSPS) is 19.8. The van der Waals surface area contributed by atoms with Gasteiger partial charge in [-0.15, -0.1) is 0 Å². The summed E-state index contributed by atoms with van der Waals surface area (Å²) in [5, 5.41) is 10.6. The van der Waals surface area contributed by atoms with Gasteiger partial charge in [0.2, 0.25) is 0 Å². The lowest BCUT2D eigenvalue weighted by molar-refractivity contribution is -0.131. The van der Waals surface area contributed by atoms with Gasteiger partial charge >= 0.3 is 0 Å². The first-order valence-electron chi connectivity index (χ1n) is 5.56. The monoisotopic (exact) mass is 240 g/mol. The highest BCUT2D eigenvalue weighted by atomic mass is 35.5. The molecular weight excluding hydrogens is 224 g/mol. The lowest BCUT2D eigenvalue weighted by Crippen LogP contribution is -2.63. The van der Waals surface area contributed by atoms with Crippen LogP contribution in [0, 0.1) is 5.92 Å². The highest BCUT2D eigenvalue weighted by molar-refractivity contribution is 6.29. The Labute approximate surface area is 101 Å². The third-order valence-corrected chi connectivity index (χ3v) is 3.44. The number of halogens is 1. The van der Waals surface area contributed by atoms with Crippen LogP contribution in [-0.2, 0) is 6.54 Å². The van der Waals surface area contributed by atoms with E-state index in [0.717, 1.165) is 25.3 Å². The Morgan fingerprint density at radius 3 is 2.75 bits per heavy atom. The third-order valence-electron chi connectivity index (χ3n) is 3.23. The quantitative estimate of drug-likeness (QED) is 0.821. The summed E-state index contributed by atoms with van der Waals surface area (Å²) in [7, 11) is 0. The van der Waals surface area contributed by atoms with Crippen molar-refractivity contribution in [1.82, 2.24) is 9.88 Å². The summed E-state index contributed by atoms with van der Waals surface area (Å²) >= 11 is 5.82. The molecule has 0 aromatic carbocycles. The van der Waals surface area contributed by atoms with Crippen LogP contribution >= 0.6 is 11.6 Å². The molecule has 0 saturated carbocycles. The van der Waals surface area contributed by atoms with E-state index in [4.69, 9.17) is 11.6 Å². The number of nitrogens with zero attached hydrogens (tertiary/aromatic N) is 2. The van der Waals surface area contributed by atoms with E-state index in [1.165, 1.54) is 0 Å². The molecule has 3 nitrogen and oxygen atoms in total. The summed E-state index contributed by atoms with van der Waals surface area (Å²) in [6, 6.07) is 5.63. The molecule has 1 aromatic heterocycles. The fourth-order valence-corrected chi connectivity index (χ4v) is 2.15. The maximum atomic E-state index is 10.1. The fourth-order valence-electron chi connectivity index (χ4n) is 1.97. The molecule has 1 N–H and O–H groups in total. The molecule has 16 heavy (non-hydrogen) atoms. The van der Waals surface area contributed by atoms with Gasteiger partial charge in [0.15, 0.2) is 0 Å². The minimum absolute atomic E-state index is 0.302. The average Bonchev–Trinajstić information content (AvgIpc) is 2.14.